The second kappa shape index (κ2) is 8.23. The van der Waals surface area contributed by atoms with Crippen LogP contribution in [-0.2, 0) is 11.3 Å². The van der Waals surface area contributed by atoms with Crippen LogP contribution in [-0.4, -0.2) is 23.1 Å². The molecule has 0 bridgehead atoms. The molecule has 0 aliphatic rings. The summed E-state index contributed by atoms with van der Waals surface area (Å²) in [6, 6.07) is 0. The average molecular weight is 265 g/mol. The average Bonchev–Trinajstić information content (AvgIpc) is 2.36. The van der Waals surface area contributed by atoms with Crippen LogP contribution in [0.15, 0.2) is 12.4 Å². The number of nitrogens with zero attached hydrogens (tertiary/aromatic N) is 2. The first kappa shape index (κ1) is 16.1. The minimum Gasteiger partial charge on any atom is -0.370 e. The monoisotopic (exact) mass is 265 g/mol. The Morgan fingerprint density at radius 1 is 1.16 bits per heavy atom. The number of ether oxygens (including phenoxy) is 1. The van der Waals surface area contributed by atoms with E-state index in [0.717, 1.165) is 24.5 Å². The predicted octanol–water partition coefficient (Wildman–Crippen LogP) is 2.96. The Kier molecular flexibility index (Phi) is 6.95. The van der Waals surface area contributed by atoms with E-state index in [4.69, 9.17) is 4.74 Å². The zero-order valence-corrected chi connectivity index (χ0v) is 12.8. The number of rotatable bonds is 8. The SMILES string of the molecule is CCOC(c1ncc(CNCC(C)C)cn1)C(C)C. The molecular formula is C15H27N3O. The van der Waals surface area contributed by atoms with Gasteiger partial charge in [0.25, 0.3) is 0 Å². The summed E-state index contributed by atoms with van der Waals surface area (Å²) in [5.74, 6) is 1.82. The van der Waals surface area contributed by atoms with Gasteiger partial charge in [0.15, 0.2) is 5.82 Å². The van der Waals surface area contributed by atoms with Gasteiger partial charge in [-0.1, -0.05) is 27.7 Å². The molecule has 19 heavy (non-hydrogen) atoms. The third kappa shape index (κ3) is 5.66. The first-order chi connectivity index (χ1) is 9.04. The van der Waals surface area contributed by atoms with Gasteiger partial charge in [0, 0.05) is 31.1 Å². The van der Waals surface area contributed by atoms with Gasteiger partial charge in [-0.2, -0.15) is 0 Å². The first-order valence-electron chi connectivity index (χ1n) is 7.17. The summed E-state index contributed by atoms with van der Waals surface area (Å²) in [5.41, 5.74) is 1.11. The molecule has 0 amide bonds. The first-order valence-corrected chi connectivity index (χ1v) is 7.17. The van der Waals surface area contributed by atoms with Gasteiger partial charge in [-0.3, -0.25) is 0 Å². The predicted molar refractivity (Wildman–Crippen MR) is 77.8 cm³/mol. The van der Waals surface area contributed by atoms with Crippen molar-refractivity contribution in [1.29, 1.82) is 0 Å². The summed E-state index contributed by atoms with van der Waals surface area (Å²) >= 11 is 0. The molecule has 1 unspecified atom stereocenters. The number of hydrogen-bond acceptors (Lipinski definition) is 4. The van der Waals surface area contributed by atoms with Crippen LogP contribution in [0, 0.1) is 11.8 Å². The quantitative estimate of drug-likeness (QED) is 0.785. The highest BCUT2D eigenvalue weighted by Crippen LogP contribution is 2.22. The van der Waals surface area contributed by atoms with E-state index in [0.29, 0.717) is 18.4 Å². The van der Waals surface area contributed by atoms with Crippen molar-refractivity contribution in [3.8, 4) is 0 Å². The van der Waals surface area contributed by atoms with Crippen LogP contribution < -0.4 is 5.32 Å². The van der Waals surface area contributed by atoms with E-state index in [2.05, 4.69) is 43.0 Å². The maximum atomic E-state index is 5.70. The van der Waals surface area contributed by atoms with E-state index in [1.807, 2.05) is 19.3 Å². The van der Waals surface area contributed by atoms with Gasteiger partial charge in [0.2, 0.25) is 0 Å². The molecule has 4 heteroatoms. The normalized spacial score (nSPS) is 13.2. The van der Waals surface area contributed by atoms with Crippen LogP contribution in [0.2, 0.25) is 0 Å². The molecule has 0 spiro atoms. The summed E-state index contributed by atoms with van der Waals surface area (Å²) < 4.78 is 5.70. The zero-order valence-electron chi connectivity index (χ0n) is 12.8. The fourth-order valence-corrected chi connectivity index (χ4v) is 1.85. The Balaban J connectivity index is 2.59. The van der Waals surface area contributed by atoms with E-state index in [9.17, 15) is 0 Å². The van der Waals surface area contributed by atoms with E-state index >= 15 is 0 Å². The Morgan fingerprint density at radius 2 is 1.79 bits per heavy atom. The van der Waals surface area contributed by atoms with Crippen molar-refractivity contribution in [1.82, 2.24) is 15.3 Å². The van der Waals surface area contributed by atoms with Crippen molar-refractivity contribution in [3.05, 3.63) is 23.8 Å². The van der Waals surface area contributed by atoms with Crippen molar-refractivity contribution in [3.63, 3.8) is 0 Å². The van der Waals surface area contributed by atoms with Crippen LogP contribution in [0.1, 0.15) is 52.1 Å². The largest absolute Gasteiger partial charge is 0.370 e. The van der Waals surface area contributed by atoms with Crippen molar-refractivity contribution in [2.24, 2.45) is 11.8 Å². The van der Waals surface area contributed by atoms with Gasteiger partial charge in [-0.05, 0) is 25.3 Å². The molecule has 1 aromatic rings. The van der Waals surface area contributed by atoms with Gasteiger partial charge in [0.1, 0.15) is 6.10 Å². The lowest BCUT2D eigenvalue weighted by Gasteiger charge is -2.19. The maximum Gasteiger partial charge on any atom is 0.157 e. The van der Waals surface area contributed by atoms with Crippen molar-refractivity contribution in [2.75, 3.05) is 13.2 Å². The van der Waals surface area contributed by atoms with E-state index in [1.165, 1.54) is 0 Å². The van der Waals surface area contributed by atoms with E-state index < -0.39 is 0 Å². The topological polar surface area (TPSA) is 47.0 Å². The molecule has 0 saturated carbocycles. The molecule has 108 valence electrons. The van der Waals surface area contributed by atoms with Crippen LogP contribution in [0.4, 0.5) is 0 Å². The van der Waals surface area contributed by atoms with Gasteiger partial charge in [-0.15, -0.1) is 0 Å². The summed E-state index contributed by atoms with van der Waals surface area (Å²) in [4.78, 5) is 8.88. The molecule has 0 aliphatic carbocycles. The van der Waals surface area contributed by atoms with Gasteiger partial charge in [-0.25, -0.2) is 9.97 Å². The second-order valence-electron chi connectivity index (χ2n) is 5.59. The molecule has 0 aromatic carbocycles. The van der Waals surface area contributed by atoms with Crippen molar-refractivity contribution < 1.29 is 4.74 Å². The standard InChI is InChI=1S/C15H27N3O/c1-6-19-14(12(4)5)15-17-9-13(10-18-15)8-16-7-11(2)3/h9-12,14,16H,6-8H2,1-5H3. The van der Waals surface area contributed by atoms with Gasteiger partial charge in [0.05, 0.1) is 0 Å². The molecule has 0 radical (unpaired) electrons. The Labute approximate surface area is 117 Å². The molecule has 1 atom stereocenters. The highest BCUT2D eigenvalue weighted by atomic mass is 16.5. The van der Waals surface area contributed by atoms with Crippen molar-refractivity contribution >= 4 is 0 Å². The van der Waals surface area contributed by atoms with Gasteiger partial charge >= 0.3 is 0 Å². The zero-order chi connectivity index (χ0) is 14.3. The smallest absolute Gasteiger partial charge is 0.157 e. The van der Waals surface area contributed by atoms with E-state index in [-0.39, 0.29) is 6.10 Å². The fourth-order valence-electron chi connectivity index (χ4n) is 1.85. The van der Waals surface area contributed by atoms with Gasteiger partial charge < -0.3 is 10.1 Å². The lowest BCUT2D eigenvalue weighted by molar-refractivity contribution is 0.0231. The summed E-state index contributed by atoms with van der Waals surface area (Å²) in [6.07, 6.45) is 3.77. The Morgan fingerprint density at radius 3 is 2.26 bits per heavy atom. The molecule has 0 aliphatic heterocycles. The van der Waals surface area contributed by atoms with Crippen LogP contribution in [0.3, 0.4) is 0 Å². The highest BCUT2D eigenvalue weighted by Gasteiger charge is 2.18. The molecule has 1 aromatic heterocycles. The molecule has 1 N–H and O–H groups in total. The molecule has 0 saturated heterocycles. The molecule has 4 nitrogen and oxygen atoms in total. The lowest BCUT2D eigenvalue weighted by atomic mass is 10.1. The minimum atomic E-state index is -0.0114. The summed E-state index contributed by atoms with van der Waals surface area (Å²) in [7, 11) is 0. The number of hydrogen-bond donors (Lipinski definition) is 1. The third-order valence-electron chi connectivity index (χ3n) is 2.81. The summed E-state index contributed by atoms with van der Waals surface area (Å²) in [6.45, 7) is 13.2. The Hall–Kier alpha value is -1.00. The van der Waals surface area contributed by atoms with Crippen LogP contribution >= 0.6 is 0 Å². The van der Waals surface area contributed by atoms with E-state index in [1.54, 1.807) is 0 Å². The maximum absolute atomic E-state index is 5.70. The van der Waals surface area contributed by atoms with Crippen LogP contribution in [0.5, 0.6) is 0 Å². The van der Waals surface area contributed by atoms with Crippen molar-refractivity contribution in [2.45, 2.75) is 47.3 Å². The fraction of sp³-hybridized carbons (Fsp3) is 0.733. The number of nitrogens with one attached hydrogen (secondary N) is 1. The Bertz CT molecular complexity index is 349. The second-order valence-corrected chi connectivity index (χ2v) is 5.59. The third-order valence-corrected chi connectivity index (χ3v) is 2.81. The lowest BCUT2D eigenvalue weighted by Crippen LogP contribution is -2.20. The molecule has 1 rings (SSSR count). The molecule has 0 fully saturated rings. The molecular weight excluding hydrogens is 238 g/mol. The minimum absolute atomic E-state index is 0.0114. The van der Waals surface area contributed by atoms with Crippen LogP contribution in [0.25, 0.3) is 0 Å². The summed E-state index contributed by atoms with van der Waals surface area (Å²) in [5, 5.41) is 3.39. The highest BCUT2D eigenvalue weighted by molar-refractivity contribution is 5.06. The molecule has 1 heterocycles. The number of aromatic nitrogens is 2.